The van der Waals surface area contributed by atoms with Crippen molar-refractivity contribution < 1.29 is 4.79 Å². The molecule has 1 saturated carbocycles. The van der Waals surface area contributed by atoms with Crippen LogP contribution in [0.1, 0.15) is 43.1 Å². The van der Waals surface area contributed by atoms with Gasteiger partial charge < -0.3 is 5.32 Å². The maximum absolute atomic E-state index is 12.3. The summed E-state index contributed by atoms with van der Waals surface area (Å²) in [5.74, 6) is 0.444. The van der Waals surface area contributed by atoms with Crippen molar-refractivity contribution in [2.75, 3.05) is 0 Å². The molecule has 2 N–H and O–H groups in total. The molecule has 0 aliphatic heterocycles. The molecule has 5 heteroatoms. The van der Waals surface area contributed by atoms with Gasteiger partial charge in [0.25, 0.3) is 5.91 Å². The van der Waals surface area contributed by atoms with Crippen molar-refractivity contribution in [3.05, 3.63) is 24.2 Å². The molecular weight excluding hydrogens is 240 g/mol. The van der Waals surface area contributed by atoms with Gasteiger partial charge in [-0.2, -0.15) is 5.10 Å². The largest absolute Gasteiger partial charge is 0.348 e. The number of nitrogens with one attached hydrogen (secondary N) is 2. The molecule has 1 aliphatic carbocycles. The number of H-pyrrole nitrogens is 1. The lowest BCUT2D eigenvalue weighted by molar-refractivity contribution is 0.0907. The highest BCUT2D eigenvalue weighted by atomic mass is 16.2. The number of carbonyl (C=O) groups excluding carboxylic acids is 1. The Kier molecular flexibility index (Phi) is 3.19. The van der Waals surface area contributed by atoms with Crippen LogP contribution < -0.4 is 5.32 Å². The number of carbonyl (C=O) groups is 1. The summed E-state index contributed by atoms with van der Waals surface area (Å²) >= 11 is 0. The predicted molar refractivity (Wildman–Crippen MR) is 72.8 cm³/mol. The summed E-state index contributed by atoms with van der Waals surface area (Å²) in [6.07, 6.45) is 8.08. The van der Waals surface area contributed by atoms with Gasteiger partial charge >= 0.3 is 0 Å². The van der Waals surface area contributed by atoms with Crippen LogP contribution in [-0.4, -0.2) is 27.1 Å². The lowest BCUT2D eigenvalue weighted by Gasteiger charge is -2.29. The average molecular weight is 258 g/mol. The van der Waals surface area contributed by atoms with Gasteiger partial charge in [0.1, 0.15) is 0 Å². The first kappa shape index (κ1) is 12.1. The highest BCUT2D eigenvalue weighted by molar-refractivity contribution is 6.04. The van der Waals surface area contributed by atoms with Gasteiger partial charge in [0.05, 0.1) is 10.9 Å². The number of pyridine rings is 1. The van der Waals surface area contributed by atoms with Gasteiger partial charge in [-0.25, -0.2) is 0 Å². The van der Waals surface area contributed by atoms with Crippen LogP contribution in [0.25, 0.3) is 10.9 Å². The quantitative estimate of drug-likeness (QED) is 0.868. The minimum Gasteiger partial charge on any atom is -0.348 e. The zero-order valence-corrected chi connectivity index (χ0v) is 11.0. The van der Waals surface area contributed by atoms with Crippen molar-refractivity contribution in [2.45, 2.75) is 38.6 Å². The summed E-state index contributed by atoms with van der Waals surface area (Å²) in [4.78, 5) is 16.4. The van der Waals surface area contributed by atoms with E-state index >= 15 is 0 Å². The van der Waals surface area contributed by atoms with E-state index < -0.39 is 0 Å². The van der Waals surface area contributed by atoms with E-state index in [-0.39, 0.29) is 11.9 Å². The van der Waals surface area contributed by atoms with Crippen LogP contribution in [0.5, 0.6) is 0 Å². The van der Waals surface area contributed by atoms with Crippen LogP contribution >= 0.6 is 0 Å². The Morgan fingerprint density at radius 2 is 2.26 bits per heavy atom. The number of aromatic nitrogens is 3. The second-order valence-corrected chi connectivity index (χ2v) is 5.34. The van der Waals surface area contributed by atoms with Crippen LogP contribution in [0.2, 0.25) is 0 Å². The van der Waals surface area contributed by atoms with Crippen molar-refractivity contribution in [1.29, 1.82) is 0 Å². The van der Waals surface area contributed by atoms with Crippen molar-refractivity contribution in [3.8, 4) is 0 Å². The first-order valence-electron chi connectivity index (χ1n) is 6.84. The number of rotatable bonds is 2. The minimum absolute atomic E-state index is 0.0991. The molecule has 5 nitrogen and oxygen atoms in total. The smallest absolute Gasteiger partial charge is 0.272 e. The van der Waals surface area contributed by atoms with Crippen molar-refractivity contribution in [3.63, 3.8) is 0 Å². The third-order valence-corrected chi connectivity index (χ3v) is 4.01. The van der Waals surface area contributed by atoms with Crippen LogP contribution in [0.15, 0.2) is 18.5 Å². The molecule has 0 saturated heterocycles. The van der Waals surface area contributed by atoms with Crippen LogP contribution in [0, 0.1) is 5.92 Å². The molecule has 1 aliphatic rings. The number of hydrogen-bond donors (Lipinski definition) is 2. The zero-order chi connectivity index (χ0) is 13.2. The fourth-order valence-corrected chi connectivity index (χ4v) is 2.80. The normalized spacial score (nSPS) is 23.4. The van der Waals surface area contributed by atoms with E-state index in [1.165, 1.54) is 19.3 Å². The average Bonchev–Trinajstić information content (AvgIpc) is 2.85. The van der Waals surface area contributed by atoms with E-state index in [9.17, 15) is 4.79 Å². The van der Waals surface area contributed by atoms with Gasteiger partial charge in [-0.05, 0) is 24.8 Å². The van der Waals surface area contributed by atoms with Gasteiger partial charge in [-0.3, -0.25) is 14.9 Å². The summed E-state index contributed by atoms with van der Waals surface area (Å²) in [7, 11) is 0. The molecule has 1 amide bonds. The summed E-state index contributed by atoms with van der Waals surface area (Å²) in [5.41, 5.74) is 1.29. The van der Waals surface area contributed by atoms with E-state index in [0.29, 0.717) is 11.6 Å². The number of hydrogen-bond acceptors (Lipinski definition) is 3. The van der Waals surface area contributed by atoms with Gasteiger partial charge in [0, 0.05) is 18.4 Å². The van der Waals surface area contributed by atoms with E-state index in [0.717, 1.165) is 17.3 Å². The molecule has 2 heterocycles. The Morgan fingerprint density at radius 3 is 3.11 bits per heavy atom. The third kappa shape index (κ3) is 2.32. The first-order chi connectivity index (χ1) is 9.25. The van der Waals surface area contributed by atoms with E-state index in [1.54, 1.807) is 12.4 Å². The van der Waals surface area contributed by atoms with Gasteiger partial charge in [0.15, 0.2) is 5.69 Å². The number of fused-ring (bicyclic) bond motifs is 1. The highest BCUT2D eigenvalue weighted by Crippen LogP contribution is 2.24. The SMILES string of the molecule is CC1CCCCC1NC(=O)c1n[nH]c2ccncc12. The lowest BCUT2D eigenvalue weighted by atomic mass is 9.86. The van der Waals surface area contributed by atoms with Crippen LogP contribution in [-0.2, 0) is 0 Å². The molecule has 0 radical (unpaired) electrons. The van der Waals surface area contributed by atoms with Crippen LogP contribution in [0.4, 0.5) is 0 Å². The molecule has 100 valence electrons. The Morgan fingerprint density at radius 1 is 1.42 bits per heavy atom. The standard InChI is InChI=1S/C14H18N4O/c1-9-4-2-3-5-11(9)16-14(19)13-10-8-15-7-6-12(10)17-18-13/h6-9,11H,2-5H2,1H3,(H,16,19)(H,17,18). The molecule has 2 aromatic rings. The second kappa shape index (κ2) is 4.99. The summed E-state index contributed by atoms with van der Waals surface area (Å²) in [6, 6.07) is 2.09. The molecule has 0 bridgehead atoms. The summed E-state index contributed by atoms with van der Waals surface area (Å²) in [5, 5.41) is 10.9. The molecule has 2 aromatic heterocycles. The van der Waals surface area contributed by atoms with E-state index in [4.69, 9.17) is 0 Å². The van der Waals surface area contributed by atoms with Gasteiger partial charge in [-0.1, -0.05) is 19.8 Å². The van der Waals surface area contributed by atoms with E-state index in [2.05, 4.69) is 27.4 Å². The molecule has 3 rings (SSSR count). The third-order valence-electron chi connectivity index (χ3n) is 4.01. The van der Waals surface area contributed by atoms with Gasteiger partial charge in [-0.15, -0.1) is 0 Å². The molecule has 1 fully saturated rings. The van der Waals surface area contributed by atoms with Crippen molar-refractivity contribution in [1.82, 2.24) is 20.5 Å². The van der Waals surface area contributed by atoms with Crippen molar-refractivity contribution >= 4 is 16.8 Å². The lowest BCUT2D eigenvalue weighted by Crippen LogP contribution is -2.41. The predicted octanol–water partition coefficient (Wildman–Crippen LogP) is 2.27. The molecule has 0 aromatic carbocycles. The van der Waals surface area contributed by atoms with Gasteiger partial charge in [0.2, 0.25) is 0 Å². The monoisotopic (exact) mass is 258 g/mol. The zero-order valence-electron chi connectivity index (χ0n) is 11.0. The van der Waals surface area contributed by atoms with Crippen LogP contribution in [0.3, 0.4) is 0 Å². The maximum atomic E-state index is 12.3. The maximum Gasteiger partial charge on any atom is 0.272 e. The topological polar surface area (TPSA) is 70.7 Å². The fourth-order valence-electron chi connectivity index (χ4n) is 2.80. The molecule has 2 unspecified atom stereocenters. The molecular formula is C14H18N4O. The fraction of sp³-hybridized carbons (Fsp3) is 0.500. The molecule has 2 atom stereocenters. The molecule has 0 spiro atoms. The minimum atomic E-state index is -0.0991. The Labute approximate surface area is 111 Å². The number of amides is 1. The number of nitrogens with zero attached hydrogens (tertiary/aromatic N) is 2. The Bertz CT molecular complexity index is 592. The first-order valence-corrected chi connectivity index (χ1v) is 6.84. The second-order valence-electron chi connectivity index (χ2n) is 5.34. The highest BCUT2D eigenvalue weighted by Gasteiger charge is 2.24. The Balaban J connectivity index is 1.80. The Hall–Kier alpha value is -1.91. The number of aromatic amines is 1. The van der Waals surface area contributed by atoms with E-state index in [1.807, 2.05) is 6.07 Å². The van der Waals surface area contributed by atoms with Crippen molar-refractivity contribution in [2.24, 2.45) is 5.92 Å². The molecule has 19 heavy (non-hydrogen) atoms. The summed E-state index contributed by atoms with van der Waals surface area (Å²) < 4.78 is 0. The summed E-state index contributed by atoms with van der Waals surface area (Å²) in [6.45, 7) is 2.20.